The summed E-state index contributed by atoms with van der Waals surface area (Å²) in [7, 11) is -0.250. The molecule has 1 rings (SSSR count). The van der Waals surface area contributed by atoms with Crippen molar-refractivity contribution in [2.45, 2.75) is 0 Å². The quantitative estimate of drug-likeness (QED) is 0.403. The first-order valence-electron chi connectivity index (χ1n) is 2.19. The molecule has 0 atom stereocenters. The maximum absolute atomic E-state index is 8.36. The minimum atomic E-state index is -0.250. The van der Waals surface area contributed by atoms with Crippen molar-refractivity contribution in [1.82, 2.24) is 9.97 Å². The van der Waals surface area contributed by atoms with Crippen molar-refractivity contribution in [2.24, 2.45) is 0 Å². The Morgan fingerprint density at radius 1 is 1.09 bits per heavy atom. The molecule has 1 heterocycles. The first kappa shape index (κ1) is 17.7. The van der Waals surface area contributed by atoms with Crippen LogP contribution in [0.5, 0.6) is 0 Å². The molecule has 0 saturated heterocycles. The topological polar surface area (TPSA) is 101 Å². The molecule has 7 heteroatoms. The van der Waals surface area contributed by atoms with E-state index in [0.29, 0.717) is 0 Å². The maximum atomic E-state index is 8.36. The smallest absolute Gasteiger partial charge is 0.861 e. The molecule has 0 saturated carbocycles. The van der Waals surface area contributed by atoms with Gasteiger partial charge in [0.05, 0.1) is 0 Å². The zero-order chi connectivity index (χ0) is 6.95. The molecule has 0 aliphatic rings. The average Bonchev–Trinajstić information content (AvgIpc) is 1.93. The Labute approximate surface area is 108 Å². The molecule has 1 aromatic rings. The second-order valence-corrected chi connectivity index (χ2v) is 1.000. The Bertz CT molecular complexity index is 106. The SMILES string of the molecule is O.[K+].[O-][B]O.c1cnccn1. The van der Waals surface area contributed by atoms with Gasteiger partial charge >= 0.3 is 51.4 Å². The molecule has 0 unspecified atom stereocenters. The van der Waals surface area contributed by atoms with E-state index < -0.39 is 0 Å². The number of hydrogen-bond donors (Lipinski definition) is 1. The molecule has 0 bridgehead atoms. The second-order valence-electron chi connectivity index (χ2n) is 1.000. The molecule has 0 fully saturated rings. The summed E-state index contributed by atoms with van der Waals surface area (Å²) in [5.74, 6) is 0. The van der Waals surface area contributed by atoms with E-state index in [1.165, 1.54) is 0 Å². The van der Waals surface area contributed by atoms with Gasteiger partial charge in [-0.15, -0.1) is 0 Å². The van der Waals surface area contributed by atoms with Crippen LogP contribution >= 0.6 is 0 Å². The molecule has 11 heavy (non-hydrogen) atoms. The van der Waals surface area contributed by atoms with Crippen LogP contribution in [-0.4, -0.2) is 28.2 Å². The summed E-state index contributed by atoms with van der Waals surface area (Å²) >= 11 is 0. The monoisotopic (exact) mass is 181 g/mol. The standard InChI is InChI=1S/C4H4N2.BHO2.K.H2O/c1-2-6-4-3-5-1;2-1-3;;/h1-4H;2H;;1H2/q;-1;+1;. The fourth-order valence-corrected chi connectivity index (χ4v) is 0.253. The predicted molar refractivity (Wildman–Crippen MR) is 33.6 cm³/mol. The van der Waals surface area contributed by atoms with E-state index in [9.17, 15) is 0 Å². The first-order valence-corrected chi connectivity index (χ1v) is 2.19. The maximum Gasteiger partial charge on any atom is 1.00 e. The molecule has 3 N–H and O–H groups in total. The van der Waals surface area contributed by atoms with Crippen LogP contribution in [0.1, 0.15) is 0 Å². The van der Waals surface area contributed by atoms with E-state index >= 15 is 0 Å². The van der Waals surface area contributed by atoms with Gasteiger partial charge in [-0.25, -0.2) is 0 Å². The molecule has 55 valence electrons. The van der Waals surface area contributed by atoms with Crippen molar-refractivity contribution in [1.29, 1.82) is 0 Å². The van der Waals surface area contributed by atoms with Crippen LogP contribution in [0.25, 0.3) is 0 Å². The van der Waals surface area contributed by atoms with Crippen molar-refractivity contribution in [3.63, 3.8) is 0 Å². The van der Waals surface area contributed by atoms with E-state index in [1.807, 2.05) is 0 Å². The van der Waals surface area contributed by atoms with Gasteiger partial charge in [0.2, 0.25) is 0 Å². The summed E-state index contributed by atoms with van der Waals surface area (Å²) in [5, 5.41) is 15.2. The summed E-state index contributed by atoms with van der Waals surface area (Å²) in [6.07, 6.45) is 6.56. The van der Waals surface area contributed by atoms with Gasteiger partial charge in [0.25, 0.3) is 0 Å². The summed E-state index contributed by atoms with van der Waals surface area (Å²) in [4.78, 5) is 7.44. The van der Waals surface area contributed by atoms with Crippen molar-refractivity contribution in [2.75, 3.05) is 0 Å². The number of nitrogens with zero attached hydrogens (tertiary/aromatic N) is 2. The van der Waals surface area contributed by atoms with Gasteiger partial charge in [0.1, 0.15) is 0 Å². The molecule has 1 radical (unpaired) electrons. The van der Waals surface area contributed by atoms with Crippen molar-refractivity contribution < 1.29 is 66.9 Å². The summed E-state index contributed by atoms with van der Waals surface area (Å²) in [5.41, 5.74) is 0. The zero-order valence-corrected chi connectivity index (χ0v) is 9.26. The third kappa shape index (κ3) is 18.0. The van der Waals surface area contributed by atoms with E-state index in [-0.39, 0.29) is 64.5 Å². The molecule has 0 amide bonds. The molecule has 0 aliphatic heterocycles. The van der Waals surface area contributed by atoms with Crippen molar-refractivity contribution >= 4 is 7.69 Å². The molecule has 0 aliphatic carbocycles. The van der Waals surface area contributed by atoms with Crippen LogP contribution in [0.3, 0.4) is 0 Å². The Hall–Kier alpha value is 0.661. The fraction of sp³-hybridized carbons (Fsp3) is 0. The molecular formula is C4H7BKN2O3. The van der Waals surface area contributed by atoms with E-state index in [0.717, 1.165) is 0 Å². The van der Waals surface area contributed by atoms with Crippen LogP contribution in [0.4, 0.5) is 0 Å². The molecule has 1 aromatic heterocycles. The first-order chi connectivity index (χ1) is 4.41. The van der Waals surface area contributed by atoms with Crippen LogP contribution < -0.4 is 56.4 Å². The minimum Gasteiger partial charge on any atom is -0.861 e. The van der Waals surface area contributed by atoms with E-state index in [4.69, 9.17) is 10.0 Å². The van der Waals surface area contributed by atoms with Gasteiger partial charge in [-0.3, -0.25) is 9.97 Å². The van der Waals surface area contributed by atoms with Crippen LogP contribution in [0.15, 0.2) is 24.8 Å². The van der Waals surface area contributed by atoms with Crippen molar-refractivity contribution in [3.8, 4) is 0 Å². The van der Waals surface area contributed by atoms with E-state index in [1.54, 1.807) is 24.8 Å². The Kier molecular flexibility index (Phi) is 27.2. The zero-order valence-electron chi connectivity index (χ0n) is 6.14. The Morgan fingerprint density at radius 3 is 1.36 bits per heavy atom. The largest absolute Gasteiger partial charge is 1.00 e. The third-order valence-electron chi connectivity index (χ3n) is 0.478. The van der Waals surface area contributed by atoms with Gasteiger partial charge < -0.3 is 15.5 Å². The molecule has 0 spiro atoms. The fourth-order valence-electron chi connectivity index (χ4n) is 0.253. The normalized spacial score (nSPS) is 5.64. The summed E-state index contributed by atoms with van der Waals surface area (Å²) in [6, 6.07) is 0. The summed E-state index contributed by atoms with van der Waals surface area (Å²) < 4.78 is 0. The third-order valence-corrected chi connectivity index (χ3v) is 0.478. The van der Waals surface area contributed by atoms with Gasteiger partial charge in [0, 0.05) is 24.8 Å². The minimum absolute atomic E-state index is 0. The van der Waals surface area contributed by atoms with Crippen LogP contribution in [0, 0.1) is 0 Å². The molecular weight excluding hydrogens is 174 g/mol. The van der Waals surface area contributed by atoms with Gasteiger partial charge in [-0.2, -0.15) is 0 Å². The van der Waals surface area contributed by atoms with Gasteiger partial charge in [0.15, 0.2) is 7.69 Å². The van der Waals surface area contributed by atoms with Crippen LogP contribution in [-0.2, 0) is 0 Å². The Morgan fingerprint density at radius 2 is 1.27 bits per heavy atom. The number of aromatic nitrogens is 2. The molecule has 5 nitrogen and oxygen atoms in total. The van der Waals surface area contributed by atoms with Crippen LogP contribution in [0.2, 0.25) is 0 Å². The van der Waals surface area contributed by atoms with Gasteiger partial charge in [-0.1, -0.05) is 0 Å². The van der Waals surface area contributed by atoms with Gasteiger partial charge in [-0.05, 0) is 0 Å². The summed E-state index contributed by atoms with van der Waals surface area (Å²) in [6.45, 7) is 0. The second kappa shape index (κ2) is 17.0. The van der Waals surface area contributed by atoms with Crippen molar-refractivity contribution in [3.05, 3.63) is 24.8 Å². The molecule has 0 aromatic carbocycles. The number of rotatable bonds is 0. The van der Waals surface area contributed by atoms with E-state index in [2.05, 4.69) is 9.97 Å². The average molecular weight is 181 g/mol. The Balaban J connectivity index is -0.000000116. The number of hydrogen-bond acceptors (Lipinski definition) is 4. The predicted octanol–water partition coefficient (Wildman–Crippen LogP) is -5.47.